The maximum atomic E-state index is 6.07. The lowest BCUT2D eigenvalue weighted by Gasteiger charge is -2.24. The minimum absolute atomic E-state index is 0.259. The average Bonchev–Trinajstić information content (AvgIpc) is 3.35. The van der Waals surface area contributed by atoms with E-state index in [2.05, 4.69) is 45.4 Å². The Morgan fingerprint density at radius 2 is 2.04 bits per heavy atom. The second kappa shape index (κ2) is 5.77. The van der Waals surface area contributed by atoms with E-state index in [0.717, 1.165) is 33.7 Å². The molecule has 0 saturated heterocycles. The summed E-state index contributed by atoms with van der Waals surface area (Å²) in [4.78, 5) is 9.37. The Morgan fingerprint density at radius 1 is 1.19 bits per heavy atom. The van der Waals surface area contributed by atoms with Gasteiger partial charge in [-0.15, -0.1) is 0 Å². The van der Waals surface area contributed by atoms with Crippen LogP contribution in [0.15, 0.2) is 58.1 Å². The maximum Gasteiger partial charge on any atom is 0.212 e. The van der Waals surface area contributed by atoms with Crippen LogP contribution in [0.2, 0.25) is 0 Å². The Hall–Kier alpha value is -3.48. The number of benzene rings is 1. The van der Waals surface area contributed by atoms with Gasteiger partial charge in [-0.2, -0.15) is 0 Å². The van der Waals surface area contributed by atoms with E-state index >= 15 is 0 Å². The van der Waals surface area contributed by atoms with Crippen molar-refractivity contribution >= 4 is 22.9 Å². The first-order valence-electron chi connectivity index (χ1n) is 8.88. The first-order valence-corrected chi connectivity index (χ1v) is 8.88. The molecular formula is C20H20N6O. The number of hydrogen-bond acceptors (Lipinski definition) is 5. The summed E-state index contributed by atoms with van der Waals surface area (Å²) >= 11 is 0. The molecule has 4 aromatic rings. The van der Waals surface area contributed by atoms with Gasteiger partial charge in [-0.05, 0) is 44.2 Å². The second-order valence-electron chi connectivity index (χ2n) is 6.80. The number of hydrogen-bond donors (Lipinski definition) is 2. The molecule has 7 heteroatoms. The number of furan rings is 1. The van der Waals surface area contributed by atoms with Crippen LogP contribution in [0.5, 0.6) is 0 Å². The molecule has 4 heterocycles. The molecule has 1 aromatic carbocycles. The molecule has 1 aliphatic rings. The third-order valence-corrected chi connectivity index (χ3v) is 5.13. The Labute approximate surface area is 156 Å². The number of anilines is 1. The highest BCUT2D eigenvalue weighted by Gasteiger charge is 2.28. The number of aliphatic imine (C=N–C) groups is 1. The van der Waals surface area contributed by atoms with Gasteiger partial charge in [-0.25, -0.2) is 9.98 Å². The monoisotopic (exact) mass is 360 g/mol. The highest BCUT2D eigenvalue weighted by atomic mass is 16.3. The van der Waals surface area contributed by atoms with Crippen LogP contribution in [0, 0.1) is 13.8 Å². The van der Waals surface area contributed by atoms with Gasteiger partial charge in [0.1, 0.15) is 5.76 Å². The zero-order valence-electron chi connectivity index (χ0n) is 15.2. The lowest BCUT2D eigenvalue weighted by Crippen LogP contribution is -2.31. The van der Waals surface area contributed by atoms with E-state index in [-0.39, 0.29) is 6.17 Å². The van der Waals surface area contributed by atoms with Gasteiger partial charge in [0.05, 0.1) is 23.8 Å². The summed E-state index contributed by atoms with van der Waals surface area (Å²) < 4.78 is 9.87. The third-order valence-electron chi connectivity index (χ3n) is 5.13. The molecule has 7 nitrogen and oxygen atoms in total. The molecular weight excluding hydrogens is 340 g/mol. The van der Waals surface area contributed by atoms with Gasteiger partial charge in [0.2, 0.25) is 5.95 Å². The minimum Gasteiger partial charge on any atom is -0.467 e. The van der Waals surface area contributed by atoms with Crippen LogP contribution in [0.3, 0.4) is 0 Å². The molecule has 1 atom stereocenters. The molecule has 3 N–H and O–H groups in total. The van der Waals surface area contributed by atoms with E-state index in [9.17, 15) is 0 Å². The molecule has 0 fully saturated rings. The van der Waals surface area contributed by atoms with E-state index in [1.807, 2.05) is 30.3 Å². The van der Waals surface area contributed by atoms with Gasteiger partial charge in [0.15, 0.2) is 12.1 Å². The number of aryl methyl sites for hydroxylation is 1. The molecule has 136 valence electrons. The molecule has 3 aromatic heterocycles. The first kappa shape index (κ1) is 15.7. The Kier molecular flexibility index (Phi) is 3.36. The summed E-state index contributed by atoms with van der Waals surface area (Å²) in [6, 6.07) is 14.1. The lowest BCUT2D eigenvalue weighted by atomic mass is 10.1. The molecule has 1 unspecified atom stereocenters. The quantitative estimate of drug-likeness (QED) is 0.586. The average molecular weight is 360 g/mol. The second-order valence-corrected chi connectivity index (χ2v) is 6.80. The minimum atomic E-state index is -0.259. The molecule has 0 saturated carbocycles. The largest absolute Gasteiger partial charge is 0.467 e. The van der Waals surface area contributed by atoms with Crippen LogP contribution in [-0.2, 0) is 6.54 Å². The van der Waals surface area contributed by atoms with Gasteiger partial charge in [0, 0.05) is 17.0 Å². The van der Waals surface area contributed by atoms with Crippen molar-refractivity contribution < 1.29 is 4.42 Å². The van der Waals surface area contributed by atoms with E-state index in [1.165, 1.54) is 0 Å². The third kappa shape index (κ3) is 2.43. The summed E-state index contributed by atoms with van der Waals surface area (Å²) in [6.45, 7) is 4.89. The molecule has 27 heavy (non-hydrogen) atoms. The predicted octanol–water partition coefficient (Wildman–Crippen LogP) is 3.38. The summed E-state index contributed by atoms with van der Waals surface area (Å²) in [5.74, 6) is 2.01. The van der Waals surface area contributed by atoms with E-state index in [4.69, 9.17) is 15.1 Å². The van der Waals surface area contributed by atoms with E-state index in [1.54, 1.807) is 6.26 Å². The van der Waals surface area contributed by atoms with E-state index < -0.39 is 0 Å². The normalized spacial score (nSPS) is 16.2. The molecule has 0 bridgehead atoms. The summed E-state index contributed by atoms with van der Waals surface area (Å²) in [5.41, 5.74) is 11.4. The van der Waals surface area contributed by atoms with Crippen molar-refractivity contribution in [3.8, 4) is 0 Å². The number of nitrogens with zero attached hydrogens (tertiary/aromatic N) is 4. The van der Waals surface area contributed by atoms with Gasteiger partial charge in [-0.3, -0.25) is 9.88 Å². The van der Waals surface area contributed by atoms with Crippen molar-refractivity contribution in [3.05, 3.63) is 71.4 Å². The lowest BCUT2D eigenvalue weighted by molar-refractivity contribution is 0.488. The number of para-hydroxylation sites is 2. The molecule has 1 aliphatic heterocycles. The van der Waals surface area contributed by atoms with E-state index in [0.29, 0.717) is 18.5 Å². The summed E-state index contributed by atoms with van der Waals surface area (Å²) in [6.07, 6.45) is 1.44. The fourth-order valence-electron chi connectivity index (χ4n) is 3.82. The van der Waals surface area contributed by atoms with Crippen LogP contribution in [0.4, 0.5) is 5.95 Å². The van der Waals surface area contributed by atoms with Crippen molar-refractivity contribution in [2.24, 2.45) is 10.7 Å². The highest BCUT2D eigenvalue weighted by Crippen LogP contribution is 2.35. The first-order chi connectivity index (χ1) is 13.1. The van der Waals surface area contributed by atoms with Crippen LogP contribution in [0.25, 0.3) is 11.0 Å². The Balaban J connectivity index is 1.66. The van der Waals surface area contributed by atoms with Crippen LogP contribution >= 0.6 is 0 Å². The SMILES string of the molecule is Cc1cc(C2N=C(N)Nc3nc4ccccc4n32)c(C)n1Cc1ccco1. The van der Waals surface area contributed by atoms with Crippen molar-refractivity contribution in [3.63, 3.8) is 0 Å². The fourth-order valence-corrected chi connectivity index (χ4v) is 3.82. The highest BCUT2D eigenvalue weighted by molar-refractivity contribution is 5.94. The van der Waals surface area contributed by atoms with Crippen molar-refractivity contribution in [2.75, 3.05) is 5.32 Å². The predicted molar refractivity (Wildman–Crippen MR) is 105 cm³/mol. The Bertz CT molecular complexity index is 1160. The number of nitrogens with one attached hydrogen (secondary N) is 1. The Morgan fingerprint density at radius 3 is 2.85 bits per heavy atom. The molecule has 0 spiro atoms. The topological polar surface area (TPSA) is 86.3 Å². The van der Waals surface area contributed by atoms with Crippen LogP contribution < -0.4 is 11.1 Å². The molecule has 5 rings (SSSR count). The van der Waals surface area contributed by atoms with Crippen LogP contribution in [0.1, 0.15) is 28.9 Å². The number of rotatable bonds is 3. The molecule has 0 aliphatic carbocycles. The molecule has 0 amide bonds. The number of nitrogens with two attached hydrogens (primary N) is 1. The number of guanidine groups is 1. The van der Waals surface area contributed by atoms with Crippen LogP contribution in [-0.4, -0.2) is 20.1 Å². The number of aromatic nitrogens is 3. The van der Waals surface area contributed by atoms with Crippen molar-refractivity contribution in [1.29, 1.82) is 0 Å². The van der Waals surface area contributed by atoms with Gasteiger partial charge < -0.3 is 14.7 Å². The van der Waals surface area contributed by atoms with Crippen molar-refractivity contribution in [1.82, 2.24) is 14.1 Å². The maximum absolute atomic E-state index is 6.07. The molecule has 0 radical (unpaired) electrons. The zero-order chi connectivity index (χ0) is 18.5. The smallest absolute Gasteiger partial charge is 0.212 e. The zero-order valence-corrected chi connectivity index (χ0v) is 15.2. The number of fused-ring (bicyclic) bond motifs is 3. The number of imidazole rings is 1. The summed E-state index contributed by atoms with van der Waals surface area (Å²) in [5, 5.41) is 3.08. The summed E-state index contributed by atoms with van der Waals surface area (Å²) in [7, 11) is 0. The van der Waals surface area contributed by atoms with Gasteiger partial charge in [-0.1, -0.05) is 12.1 Å². The van der Waals surface area contributed by atoms with Gasteiger partial charge in [0.25, 0.3) is 0 Å². The van der Waals surface area contributed by atoms with Gasteiger partial charge >= 0.3 is 0 Å². The van der Waals surface area contributed by atoms with Crippen molar-refractivity contribution in [2.45, 2.75) is 26.6 Å². The fraction of sp³-hybridized carbons (Fsp3) is 0.200. The standard InChI is InChI=1S/C20H20N6O/c1-12-10-15(13(2)25(12)11-14-6-5-9-27-14)18-23-19(21)24-20-22-16-7-3-4-8-17(16)26(18)20/h3-10,18H,11H2,1-2H3,(H3,21,22,23,24).